The molecule has 2 rings (SSSR count). The lowest BCUT2D eigenvalue weighted by atomic mass is 9.91. The minimum atomic E-state index is -0.281. The summed E-state index contributed by atoms with van der Waals surface area (Å²) in [5, 5.41) is 0. The van der Waals surface area contributed by atoms with E-state index in [1.807, 2.05) is 6.07 Å². The van der Waals surface area contributed by atoms with Crippen molar-refractivity contribution in [3.63, 3.8) is 0 Å². The summed E-state index contributed by atoms with van der Waals surface area (Å²) < 4.78 is 26.8. The number of halogens is 2. The molecule has 0 spiro atoms. The number of nitrogens with two attached hydrogens (primary N) is 1. The molecule has 1 nitrogen and oxygen atoms in total. The van der Waals surface area contributed by atoms with Crippen molar-refractivity contribution in [2.24, 2.45) is 5.73 Å². The molecule has 0 saturated carbocycles. The Balaban J connectivity index is 2.23. The van der Waals surface area contributed by atoms with E-state index in [1.165, 1.54) is 18.2 Å². The Labute approximate surface area is 105 Å². The van der Waals surface area contributed by atoms with Crippen LogP contribution in [0.1, 0.15) is 17.0 Å². The number of benzene rings is 2. The molecule has 0 heterocycles. The maximum absolute atomic E-state index is 13.7. The van der Waals surface area contributed by atoms with Gasteiger partial charge in [0.1, 0.15) is 11.6 Å². The highest BCUT2D eigenvalue weighted by molar-refractivity contribution is 5.26. The highest BCUT2D eigenvalue weighted by atomic mass is 19.1. The quantitative estimate of drug-likeness (QED) is 0.881. The molecule has 3 heteroatoms. The lowest BCUT2D eigenvalue weighted by molar-refractivity contribution is 0.574. The van der Waals surface area contributed by atoms with Gasteiger partial charge in [-0.15, -0.1) is 0 Å². The van der Waals surface area contributed by atoms with Crippen molar-refractivity contribution in [1.82, 2.24) is 0 Å². The first-order valence-corrected chi connectivity index (χ1v) is 5.89. The summed E-state index contributed by atoms with van der Waals surface area (Å²) in [4.78, 5) is 0. The van der Waals surface area contributed by atoms with Gasteiger partial charge in [0.15, 0.2) is 0 Å². The number of hydrogen-bond acceptors (Lipinski definition) is 1. The van der Waals surface area contributed by atoms with Crippen molar-refractivity contribution < 1.29 is 8.78 Å². The predicted molar refractivity (Wildman–Crippen MR) is 68.3 cm³/mol. The molecule has 0 bridgehead atoms. The fraction of sp³-hybridized carbons (Fsp3) is 0.200. The van der Waals surface area contributed by atoms with Gasteiger partial charge in [-0.2, -0.15) is 0 Å². The first-order chi connectivity index (χ1) is 8.70. The Hall–Kier alpha value is -1.74. The van der Waals surface area contributed by atoms with E-state index in [0.717, 1.165) is 5.56 Å². The van der Waals surface area contributed by atoms with Crippen LogP contribution in [0.25, 0.3) is 0 Å². The molecule has 0 aliphatic heterocycles. The van der Waals surface area contributed by atoms with Gasteiger partial charge in [-0.25, -0.2) is 8.78 Å². The molecule has 0 radical (unpaired) electrons. The van der Waals surface area contributed by atoms with Crippen LogP contribution in [-0.2, 0) is 6.42 Å². The Morgan fingerprint density at radius 3 is 2.44 bits per heavy atom. The first-order valence-electron chi connectivity index (χ1n) is 5.89. The number of hydrogen-bond donors (Lipinski definition) is 1. The second-order valence-corrected chi connectivity index (χ2v) is 4.29. The second kappa shape index (κ2) is 5.74. The number of rotatable bonds is 4. The van der Waals surface area contributed by atoms with E-state index in [1.54, 1.807) is 24.3 Å². The standard InChI is InChI=1S/C15H15F2N/c16-13-5-3-4-11(9-13)8-12(10-18)14-6-1-2-7-15(14)17/h1-7,9,12H,8,10,18H2. The van der Waals surface area contributed by atoms with E-state index in [0.29, 0.717) is 18.5 Å². The maximum Gasteiger partial charge on any atom is 0.126 e. The van der Waals surface area contributed by atoms with Crippen LogP contribution in [-0.4, -0.2) is 6.54 Å². The molecular formula is C15H15F2N. The van der Waals surface area contributed by atoms with Crippen LogP contribution in [0.5, 0.6) is 0 Å². The van der Waals surface area contributed by atoms with Crippen molar-refractivity contribution >= 4 is 0 Å². The Morgan fingerprint density at radius 2 is 1.78 bits per heavy atom. The van der Waals surface area contributed by atoms with Crippen LogP contribution >= 0.6 is 0 Å². The fourth-order valence-corrected chi connectivity index (χ4v) is 2.07. The van der Waals surface area contributed by atoms with Gasteiger partial charge in [0.2, 0.25) is 0 Å². The summed E-state index contributed by atoms with van der Waals surface area (Å²) in [6.45, 7) is 0.331. The molecule has 2 N–H and O–H groups in total. The molecular weight excluding hydrogens is 232 g/mol. The van der Waals surface area contributed by atoms with Crippen molar-refractivity contribution in [1.29, 1.82) is 0 Å². The molecule has 2 aromatic carbocycles. The zero-order chi connectivity index (χ0) is 13.0. The molecule has 0 amide bonds. The van der Waals surface area contributed by atoms with E-state index in [2.05, 4.69) is 0 Å². The highest BCUT2D eigenvalue weighted by Crippen LogP contribution is 2.22. The van der Waals surface area contributed by atoms with Gasteiger partial charge < -0.3 is 5.73 Å². The van der Waals surface area contributed by atoms with Crippen molar-refractivity contribution in [3.8, 4) is 0 Å². The molecule has 0 saturated heterocycles. The van der Waals surface area contributed by atoms with Crippen LogP contribution in [0, 0.1) is 11.6 Å². The van der Waals surface area contributed by atoms with Crippen molar-refractivity contribution in [2.45, 2.75) is 12.3 Å². The van der Waals surface area contributed by atoms with E-state index < -0.39 is 0 Å². The molecule has 1 atom stereocenters. The molecule has 1 unspecified atom stereocenters. The van der Waals surface area contributed by atoms with Crippen LogP contribution < -0.4 is 5.73 Å². The summed E-state index contributed by atoms with van der Waals surface area (Å²) in [7, 11) is 0. The smallest absolute Gasteiger partial charge is 0.126 e. The van der Waals surface area contributed by atoms with E-state index in [-0.39, 0.29) is 17.6 Å². The minimum absolute atomic E-state index is 0.131. The van der Waals surface area contributed by atoms with Crippen LogP contribution in [0.15, 0.2) is 48.5 Å². The van der Waals surface area contributed by atoms with E-state index in [9.17, 15) is 8.78 Å². The third kappa shape index (κ3) is 2.93. The van der Waals surface area contributed by atoms with Crippen LogP contribution in [0.3, 0.4) is 0 Å². The zero-order valence-electron chi connectivity index (χ0n) is 9.94. The van der Waals surface area contributed by atoms with E-state index in [4.69, 9.17) is 5.73 Å². The highest BCUT2D eigenvalue weighted by Gasteiger charge is 2.14. The summed E-state index contributed by atoms with van der Waals surface area (Å²) >= 11 is 0. The topological polar surface area (TPSA) is 26.0 Å². The molecule has 18 heavy (non-hydrogen) atoms. The second-order valence-electron chi connectivity index (χ2n) is 4.29. The fourth-order valence-electron chi connectivity index (χ4n) is 2.07. The van der Waals surface area contributed by atoms with Crippen molar-refractivity contribution in [2.75, 3.05) is 6.54 Å². The zero-order valence-corrected chi connectivity index (χ0v) is 9.94. The summed E-state index contributed by atoms with van der Waals surface area (Å²) in [5.74, 6) is -0.672. The Bertz CT molecular complexity index is 525. The molecule has 0 aliphatic rings. The molecule has 0 aromatic heterocycles. The van der Waals surface area contributed by atoms with Crippen molar-refractivity contribution in [3.05, 3.63) is 71.3 Å². The van der Waals surface area contributed by atoms with Gasteiger partial charge >= 0.3 is 0 Å². The SMILES string of the molecule is NCC(Cc1cccc(F)c1)c1ccccc1F. The van der Waals surface area contributed by atoms with E-state index >= 15 is 0 Å². The van der Waals surface area contributed by atoms with Gasteiger partial charge in [0, 0.05) is 5.92 Å². The average Bonchev–Trinajstić information content (AvgIpc) is 2.37. The maximum atomic E-state index is 13.7. The average molecular weight is 247 g/mol. The van der Waals surface area contributed by atoms with Gasteiger partial charge in [-0.3, -0.25) is 0 Å². The Morgan fingerprint density at radius 1 is 1.00 bits per heavy atom. The van der Waals surface area contributed by atoms with Gasteiger partial charge in [0.05, 0.1) is 0 Å². The third-order valence-corrected chi connectivity index (χ3v) is 3.00. The third-order valence-electron chi connectivity index (χ3n) is 3.00. The molecule has 0 fully saturated rings. The Kier molecular flexibility index (Phi) is 4.05. The molecule has 2 aromatic rings. The van der Waals surface area contributed by atoms with Gasteiger partial charge in [-0.1, -0.05) is 30.3 Å². The monoisotopic (exact) mass is 247 g/mol. The molecule has 0 aliphatic carbocycles. The largest absolute Gasteiger partial charge is 0.330 e. The van der Waals surface area contributed by atoms with Gasteiger partial charge in [0.25, 0.3) is 0 Å². The summed E-state index contributed by atoms with van der Waals surface area (Å²) in [6.07, 6.45) is 0.537. The minimum Gasteiger partial charge on any atom is -0.330 e. The molecule has 94 valence electrons. The lowest BCUT2D eigenvalue weighted by Gasteiger charge is -2.16. The van der Waals surface area contributed by atoms with Crippen LogP contribution in [0.2, 0.25) is 0 Å². The van der Waals surface area contributed by atoms with Crippen LogP contribution in [0.4, 0.5) is 8.78 Å². The summed E-state index contributed by atoms with van der Waals surface area (Å²) in [6, 6.07) is 12.9. The predicted octanol–water partition coefficient (Wildman–Crippen LogP) is 3.25. The first kappa shape index (κ1) is 12.7. The summed E-state index contributed by atoms with van der Waals surface area (Å²) in [5.41, 5.74) is 7.11. The lowest BCUT2D eigenvalue weighted by Crippen LogP contribution is -2.16. The van der Waals surface area contributed by atoms with Gasteiger partial charge in [-0.05, 0) is 42.3 Å². The normalized spacial score (nSPS) is 12.4.